The van der Waals surface area contributed by atoms with Crippen LogP contribution in [0, 0.1) is 0 Å². The van der Waals surface area contributed by atoms with E-state index in [-0.39, 0.29) is 45.8 Å². The van der Waals surface area contributed by atoms with E-state index in [1.807, 2.05) is 41.5 Å². The minimum atomic E-state index is -0.748. The first-order valence-corrected chi connectivity index (χ1v) is 20.3. The third kappa shape index (κ3) is 9.19. The summed E-state index contributed by atoms with van der Waals surface area (Å²) in [6.07, 6.45) is 17.3. The van der Waals surface area contributed by atoms with Crippen LogP contribution in [0.5, 0.6) is 0 Å². The number of rotatable bonds is 0. The van der Waals surface area contributed by atoms with Gasteiger partial charge in [-0.25, -0.2) is 4.79 Å². The van der Waals surface area contributed by atoms with Gasteiger partial charge in [-0.15, -0.1) is 0 Å². The van der Waals surface area contributed by atoms with Crippen LogP contribution in [0.25, 0.3) is 0 Å². The Hall–Kier alpha value is -0.930. The molecule has 0 unspecified atom stereocenters. The fourth-order valence-corrected chi connectivity index (χ4v) is 9.93. The molecule has 3 spiro atoms. The Labute approximate surface area is 314 Å². The molecular formula is C40H76N4O8. The van der Waals surface area contributed by atoms with Crippen molar-refractivity contribution in [3.63, 3.8) is 0 Å². The molecule has 0 aromatic carbocycles. The van der Waals surface area contributed by atoms with Crippen LogP contribution in [0.1, 0.15) is 172 Å². The van der Waals surface area contributed by atoms with Crippen molar-refractivity contribution in [1.82, 2.24) is 20.3 Å². The third-order valence-corrected chi connectivity index (χ3v) is 13.1. The zero-order valence-corrected chi connectivity index (χ0v) is 34.6. The molecule has 0 atom stereocenters. The Morgan fingerprint density at radius 3 is 1.17 bits per heavy atom. The lowest BCUT2D eigenvalue weighted by Gasteiger charge is -2.53. The highest BCUT2D eigenvalue weighted by Gasteiger charge is 2.56. The molecule has 0 aromatic heterocycles. The number of hydrogen-bond donors (Lipinski definition) is 4. The summed E-state index contributed by atoms with van der Waals surface area (Å²) in [5, 5.41) is 46.2. The largest absolute Gasteiger partial charge is 0.462 e. The number of carbonyl (C=O) groups excluding carboxylic acids is 1. The number of nitrogens with zero attached hydrogens (tertiary/aromatic N) is 4. The van der Waals surface area contributed by atoms with Crippen molar-refractivity contribution >= 4 is 5.97 Å². The molecule has 3 aliphatic carbocycles. The van der Waals surface area contributed by atoms with E-state index in [1.54, 1.807) is 10.1 Å². The van der Waals surface area contributed by atoms with Gasteiger partial charge in [0.1, 0.15) is 12.1 Å². The number of cyclic esters (lactones) is 1. The molecule has 4 aliphatic heterocycles. The zero-order chi connectivity index (χ0) is 38.9. The van der Waals surface area contributed by atoms with Gasteiger partial charge in [-0.2, -0.15) is 20.3 Å². The number of piperidine rings is 1. The maximum absolute atomic E-state index is 11.7. The lowest BCUT2D eigenvalue weighted by molar-refractivity contribution is -0.295. The maximum Gasteiger partial charge on any atom is 0.329 e. The highest BCUT2D eigenvalue weighted by Crippen LogP contribution is 2.43. The fourth-order valence-electron chi connectivity index (χ4n) is 9.93. The van der Waals surface area contributed by atoms with Crippen LogP contribution in [0.4, 0.5) is 0 Å². The normalized spacial score (nSPS) is 31.4. The number of carbonyl (C=O) groups is 1. The van der Waals surface area contributed by atoms with Gasteiger partial charge in [0.15, 0.2) is 0 Å². The minimum absolute atomic E-state index is 0.0399. The Bertz CT molecular complexity index is 1150. The van der Waals surface area contributed by atoms with Crippen molar-refractivity contribution in [3.05, 3.63) is 0 Å². The molecule has 52 heavy (non-hydrogen) atoms. The Kier molecular flexibility index (Phi) is 13.7. The van der Waals surface area contributed by atoms with Crippen LogP contribution in [0.2, 0.25) is 0 Å². The van der Waals surface area contributed by atoms with Crippen molar-refractivity contribution in [1.29, 1.82) is 0 Å². The van der Waals surface area contributed by atoms with Crippen LogP contribution < -0.4 is 0 Å². The molecule has 304 valence electrons. The monoisotopic (exact) mass is 741 g/mol. The van der Waals surface area contributed by atoms with Gasteiger partial charge in [0.2, 0.25) is 0 Å². The molecule has 12 nitrogen and oxygen atoms in total. The summed E-state index contributed by atoms with van der Waals surface area (Å²) in [4.78, 5) is 11.7. The van der Waals surface area contributed by atoms with Crippen molar-refractivity contribution in [2.24, 2.45) is 0 Å². The molecule has 7 rings (SSSR count). The lowest BCUT2D eigenvalue weighted by Crippen LogP contribution is -2.65. The fraction of sp³-hybridized carbons (Fsp3) is 0.975. The quantitative estimate of drug-likeness (QED) is 0.181. The second-order valence-electron chi connectivity index (χ2n) is 20.2. The van der Waals surface area contributed by atoms with E-state index in [0.29, 0.717) is 39.3 Å². The van der Waals surface area contributed by atoms with Gasteiger partial charge in [0, 0.05) is 11.1 Å². The van der Waals surface area contributed by atoms with E-state index in [1.165, 1.54) is 48.7 Å². The minimum Gasteiger partial charge on any atom is -0.462 e. The molecule has 3 saturated carbocycles. The van der Waals surface area contributed by atoms with E-state index in [9.17, 15) is 25.6 Å². The molecule has 0 amide bonds. The van der Waals surface area contributed by atoms with E-state index < -0.39 is 11.1 Å². The molecule has 4 N–H and O–H groups in total. The first-order valence-electron chi connectivity index (χ1n) is 20.3. The average Bonchev–Trinajstić information content (AvgIpc) is 3.76. The Morgan fingerprint density at radius 1 is 0.404 bits per heavy atom. The number of hydroxylamine groups is 8. The standard InChI is InChI=1S/C11H21NO2.C10H17NO3.C10H19NO2.C9H19NO/c1-10(2)8-14-9-11(12(10)13)6-4-3-5-7-11;1-9(2)7-14-8(12)10(11(9)13)5-3-4-6-10;1-9(2)7-13-8-10(11(9)12)5-3-4-6-10;1-8(2)6-5-7-9(3,4)10(8)11/h13H,3-9H2,1-2H3;13H,3-7H2,1-2H3;12H,3-8H2,1-2H3;11H,5-7H2,1-4H3. The highest BCUT2D eigenvalue weighted by molar-refractivity contribution is 5.82. The molecule has 7 fully saturated rings. The number of morpholine rings is 3. The van der Waals surface area contributed by atoms with E-state index in [4.69, 9.17) is 14.2 Å². The lowest BCUT2D eigenvalue weighted by atomic mass is 9.79. The molecule has 12 heteroatoms. The van der Waals surface area contributed by atoms with Gasteiger partial charge in [-0.05, 0) is 127 Å². The molecule has 0 radical (unpaired) electrons. The Morgan fingerprint density at radius 2 is 0.769 bits per heavy atom. The van der Waals surface area contributed by atoms with E-state index in [2.05, 4.69) is 27.7 Å². The van der Waals surface area contributed by atoms with Crippen LogP contribution in [-0.2, 0) is 19.0 Å². The van der Waals surface area contributed by atoms with Gasteiger partial charge >= 0.3 is 5.97 Å². The van der Waals surface area contributed by atoms with Crippen molar-refractivity contribution in [2.75, 3.05) is 33.0 Å². The van der Waals surface area contributed by atoms with Crippen LogP contribution in [-0.4, -0.2) is 124 Å². The van der Waals surface area contributed by atoms with Gasteiger partial charge in [0.05, 0.1) is 54.1 Å². The van der Waals surface area contributed by atoms with Crippen molar-refractivity contribution in [2.45, 2.75) is 216 Å². The van der Waals surface area contributed by atoms with Crippen LogP contribution in [0.15, 0.2) is 0 Å². The summed E-state index contributed by atoms with van der Waals surface area (Å²) in [7, 11) is 0. The second-order valence-corrected chi connectivity index (χ2v) is 20.2. The number of ether oxygens (including phenoxy) is 3. The van der Waals surface area contributed by atoms with Crippen molar-refractivity contribution in [3.8, 4) is 0 Å². The SMILES string of the molecule is CC1(C)CCCC(C)(C)N1O.CC1(C)COC(=O)C2(CCCC2)N1O.CC1(C)COCC2(CCCC2)N1O.CC1(C)COCC2(CCCCC2)N1O. The summed E-state index contributed by atoms with van der Waals surface area (Å²) in [6, 6.07) is 0. The van der Waals surface area contributed by atoms with Gasteiger partial charge in [-0.3, -0.25) is 0 Å². The predicted octanol–water partition coefficient (Wildman–Crippen LogP) is 7.73. The second kappa shape index (κ2) is 16.3. The van der Waals surface area contributed by atoms with Gasteiger partial charge < -0.3 is 35.0 Å². The summed E-state index contributed by atoms with van der Waals surface area (Å²) in [5.41, 5.74) is -1.89. The maximum atomic E-state index is 11.7. The molecule has 7 aliphatic rings. The molecule has 4 heterocycles. The smallest absolute Gasteiger partial charge is 0.329 e. The summed E-state index contributed by atoms with van der Waals surface area (Å²) >= 11 is 0. The first-order chi connectivity index (χ1) is 24.0. The topological polar surface area (TPSA) is 139 Å². The number of esters is 1. The van der Waals surface area contributed by atoms with E-state index in [0.717, 1.165) is 51.4 Å². The summed E-state index contributed by atoms with van der Waals surface area (Å²) < 4.78 is 16.4. The molecule has 0 aromatic rings. The van der Waals surface area contributed by atoms with E-state index >= 15 is 0 Å². The third-order valence-electron chi connectivity index (χ3n) is 13.1. The summed E-state index contributed by atoms with van der Waals surface area (Å²) in [5.74, 6) is -0.253. The molecular weight excluding hydrogens is 664 g/mol. The highest BCUT2D eigenvalue weighted by atomic mass is 16.6. The van der Waals surface area contributed by atoms with Crippen LogP contribution >= 0.6 is 0 Å². The Balaban J connectivity index is 0.000000156. The molecule has 0 bridgehead atoms. The predicted molar refractivity (Wildman–Crippen MR) is 200 cm³/mol. The van der Waals surface area contributed by atoms with Gasteiger partial charge in [-0.1, -0.05) is 44.9 Å². The zero-order valence-electron chi connectivity index (χ0n) is 34.6. The van der Waals surface area contributed by atoms with Crippen LogP contribution in [0.3, 0.4) is 0 Å². The number of hydrogen-bond acceptors (Lipinski definition) is 12. The summed E-state index contributed by atoms with van der Waals surface area (Å²) in [6.45, 7) is 23.2. The average molecular weight is 741 g/mol. The first kappa shape index (κ1) is 43.8. The van der Waals surface area contributed by atoms with Crippen molar-refractivity contribution < 1.29 is 39.8 Å². The van der Waals surface area contributed by atoms with Gasteiger partial charge in [0.25, 0.3) is 0 Å². The molecule has 4 saturated heterocycles.